The molecule has 0 spiro atoms. The van der Waals surface area contributed by atoms with Crippen molar-refractivity contribution in [2.24, 2.45) is 5.92 Å². The number of carbonyl (C=O) groups is 1. The first-order valence-corrected chi connectivity index (χ1v) is 4.49. The maximum Gasteiger partial charge on any atom is 0.166 e. The Balaban J connectivity index is 3.13. The van der Waals surface area contributed by atoms with Crippen molar-refractivity contribution in [3.05, 3.63) is 28.8 Å². The molecule has 0 saturated carbocycles. The Morgan fingerprint density at radius 3 is 2.62 bits per heavy atom. The van der Waals surface area contributed by atoms with E-state index in [4.69, 9.17) is 17.3 Å². The first kappa shape index (κ1) is 10.1. The molecular weight excluding hydrogens is 186 g/mol. The molecule has 0 fully saturated rings. The number of hydrogen-bond donors (Lipinski definition) is 1. The lowest BCUT2D eigenvalue weighted by Gasteiger charge is -2.06. The molecule has 2 N–H and O–H groups in total. The van der Waals surface area contributed by atoms with E-state index in [0.717, 1.165) is 0 Å². The molecule has 0 amide bonds. The number of ketones is 1. The van der Waals surface area contributed by atoms with Gasteiger partial charge in [-0.25, -0.2) is 0 Å². The third-order valence-electron chi connectivity index (χ3n) is 1.78. The average molecular weight is 198 g/mol. The summed E-state index contributed by atoms with van der Waals surface area (Å²) in [6.45, 7) is 3.67. The highest BCUT2D eigenvalue weighted by Crippen LogP contribution is 2.21. The van der Waals surface area contributed by atoms with Crippen LogP contribution in [0.3, 0.4) is 0 Å². The van der Waals surface area contributed by atoms with Gasteiger partial charge in [0.15, 0.2) is 5.78 Å². The van der Waals surface area contributed by atoms with Gasteiger partial charge >= 0.3 is 0 Å². The van der Waals surface area contributed by atoms with E-state index in [0.29, 0.717) is 16.3 Å². The molecule has 0 bridgehead atoms. The second-order valence-corrected chi connectivity index (χ2v) is 3.67. The molecule has 0 radical (unpaired) electrons. The van der Waals surface area contributed by atoms with Crippen molar-refractivity contribution >= 4 is 23.1 Å². The van der Waals surface area contributed by atoms with Crippen LogP contribution in [-0.4, -0.2) is 5.78 Å². The first-order valence-electron chi connectivity index (χ1n) is 4.11. The Hall–Kier alpha value is -1.02. The van der Waals surface area contributed by atoms with Crippen LogP contribution in [0.25, 0.3) is 0 Å². The van der Waals surface area contributed by atoms with Crippen molar-refractivity contribution in [1.29, 1.82) is 0 Å². The number of Topliss-reactive ketones (excluding diaryl/α,β-unsaturated/α-hetero) is 1. The van der Waals surface area contributed by atoms with Crippen LogP contribution >= 0.6 is 11.6 Å². The fraction of sp³-hybridized carbons (Fsp3) is 0.300. The zero-order valence-corrected chi connectivity index (χ0v) is 8.43. The predicted octanol–water partition coefficient (Wildman–Crippen LogP) is 2.76. The number of nitrogen functional groups attached to an aromatic ring is 1. The smallest absolute Gasteiger partial charge is 0.166 e. The minimum atomic E-state index is -0.0562. The molecule has 0 unspecified atom stereocenters. The standard InChI is InChI=1S/C10H12ClNO/c1-6(2)10(13)8-5-7(12)3-4-9(8)11/h3-6H,12H2,1-2H3. The fourth-order valence-corrected chi connectivity index (χ4v) is 1.25. The third-order valence-corrected chi connectivity index (χ3v) is 2.11. The summed E-state index contributed by atoms with van der Waals surface area (Å²) in [7, 11) is 0. The van der Waals surface area contributed by atoms with Crippen molar-refractivity contribution in [3.8, 4) is 0 Å². The van der Waals surface area contributed by atoms with Crippen molar-refractivity contribution < 1.29 is 4.79 Å². The summed E-state index contributed by atoms with van der Waals surface area (Å²) in [6, 6.07) is 4.94. The number of carbonyl (C=O) groups excluding carboxylic acids is 1. The monoisotopic (exact) mass is 197 g/mol. The molecule has 2 nitrogen and oxygen atoms in total. The largest absolute Gasteiger partial charge is 0.399 e. The van der Waals surface area contributed by atoms with Crippen LogP contribution in [0.15, 0.2) is 18.2 Å². The van der Waals surface area contributed by atoms with Gasteiger partial charge in [-0.15, -0.1) is 0 Å². The van der Waals surface area contributed by atoms with Gasteiger partial charge in [0.2, 0.25) is 0 Å². The van der Waals surface area contributed by atoms with Crippen LogP contribution < -0.4 is 5.73 Å². The zero-order valence-electron chi connectivity index (χ0n) is 7.67. The van der Waals surface area contributed by atoms with Gasteiger partial charge in [-0.3, -0.25) is 4.79 Å². The molecule has 3 heteroatoms. The molecule has 0 aromatic heterocycles. The van der Waals surface area contributed by atoms with E-state index in [2.05, 4.69) is 0 Å². The van der Waals surface area contributed by atoms with Gasteiger partial charge in [-0.2, -0.15) is 0 Å². The fourth-order valence-electron chi connectivity index (χ4n) is 1.04. The molecule has 1 aromatic carbocycles. The van der Waals surface area contributed by atoms with Gasteiger partial charge in [-0.1, -0.05) is 25.4 Å². The van der Waals surface area contributed by atoms with E-state index in [1.807, 2.05) is 13.8 Å². The van der Waals surface area contributed by atoms with Crippen LogP contribution in [0.5, 0.6) is 0 Å². The Morgan fingerprint density at radius 1 is 1.46 bits per heavy atom. The number of anilines is 1. The maximum atomic E-state index is 11.6. The first-order chi connectivity index (χ1) is 6.02. The molecular formula is C10H12ClNO. The van der Waals surface area contributed by atoms with Crippen molar-refractivity contribution in [3.63, 3.8) is 0 Å². The summed E-state index contributed by atoms with van der Waals surface area (Å²) < 4.78 is 0. The number of hydrogen-bond acceptors (Lipinski definition) is 2. The van der Waals surface area contributed by atoms with Crippen LogP contribution in [0.1, 0.15) is 24.2 Å². The number of halogens is 1. The van der Waals surface area contributed by atoms with E-state index in [9.17, 15) is 4.79 Å². The van der Waals surface area contributed by atoms with E-state index in [1.165, 1.54) is 0 Å². The van der Waals surface area contributed by atoms with Gasteiger partial charge in [0.25, 0.3) is 0 Å². The van der Waals surface area contributed by atoms with Crippen LogP contribution in [0.4, 0.5) is 5.69 Å². The van der Waals surface area contributed by atoms with E-state index in [1.54, 1.807) is 18.2 Å². The minimum absolute atomic E-state index is 0.0253. The quantitative estimate of drug-likeness (QED) is 0.585. The second-order valence-electron chi connectivity index (χ2n) is 3.26. The summed E-state index contributed by atoms with van der Waals surface area (Å²) in [4.78, 5) is 11.6. The van der Waals surface area contributed by atoms with Gasteiger partial charge in [0.1, 0.15) is 0 Å². The number of benzene rings is 1. The molecule has 0 aliphatic heterocycles. The van der Waals surface area contributed by atoms with Crippen LogP contribution in [0, 0.1) is 5.92 Å². The Bertz CT molecular complexity index is 334. The molecule has 0 atom stereocenters. The van der Waals surface area contributed by atoms with Gasteiger partial charge < -0.3 is 5.73 Å². The molecule has 0 heterocycles. The van der Waals surface area contributed by atoms with Crippen molar-refractivity contribution in [1.82, 2.24) is 0 Å². The third kappa shape index (κ3) is 2.22. The molecule has 0 saturated heterocycles. The molecule has 13 heavy (non-hydrogen) atoms. The SMILES string of the molecule is CC(C)C(=O)c1cc(N)ccc1Cl. The summed E-state index contributed by atoms with van der Waals surface area (Å²) in [5.41, 5.74) is 6.63. The maximum absolute atomic E-state index is 11.6. The lowest BCUT2D eigenvalue weighted by atomic mass is 10.0. The average Bonchev–Trinajstić information content (AvgIpc) is 2.08. The summed E-state index contributed by atoms with van der Waals surface area (Å²) in [5.74, 6) is -0.0309. The van der Waals surface area contributed by atoms with Crippen molar-refractivity contribution in [2.45, 2.75) is 13.8 Å². The lowest BCUT2D eigenvalue weighted by molar-refractivity contribution is 0.0939. The number of nitrogens with two attached hydrogens (primary N) is 1. The summed E-state index contributed by atoms with van der Waals surface area (Å²) >= 11 is 5.86. The highest BCUT2D eigenvalue weighted by atomic mass is 35.5. The van der Waals surface area contributed by atoms with E-state index in [-0.39, 0.29) is 11.7 Å². The van der Waals surface area contributed by atoms with Gasteiger partial charge in [-0.05, 0) is 18.2 Å². The second kappa shape index (κ2) is 3.79. The Kier molecular flexibility index (Phi) is 2.94. The number of rotatable bonds is 2. The Labute approximate surface area is 82.7 Å². The molecule has 1 aromatic rings. The predicted molar refractivity (Wildman–Crippen MR) is 55.0 cm³/mol. The highest BCUT2D eigenvalue weighted by Gasteiger charge is 2.13. The van der Waals surface area contributed by atoms with Crippen molar-refractivity contribution in [2.75, 3.05) is 5.73 Å². The normalized spacial score (nSPS) is 10.5. The molecule has 70 valence electrons. The van der Waals surface area contributed by atoms with Gasteiger partial charge in [0.05, 0.1) is 5.02 Å². The molecule has 0 aliphatic rings. The zero-order chi connectivity index (χ0) is 10.0. The summed E-state index contributed by atoms with van der Waals surface area (Å²) in [6.07, 6.45) is 0. The lowest BCUT2D eigenvalue weighted by Crippen LogP contribution is -2.08. The summed E-state index contributed by atoms with van der Waals surface area (Å²) in [5, 5.41) is 0.466. The van der Waals surface area contributed by atoms with Crippen LogP contribution in [-0.2, 0) is 0 Å². The van der Waals surface area contributed by atoms with E-state index < -0.39 is 0 Å². The minimum Gasteiger partial charge on any atom is -0.399 e. The van der Waals surface area contributed by atoms with Gasteiger partial charge in [0, 0.05) is 17.2 Å². The Morgan fingerprint density at radius 2 is 2.08 bits per heavy atom. The highest BCUT2D eigenvalue weighted by molar-refractivity contribution is 6.34. The topological polar surface area (TPSA) is 43.1 Å². The van der Waals surface area contributed by atoms with Crippen LogP contribution in [0.2, 0.25) is 5.02 Å². The van der Waals surface area contributed by atoms with E-state index >= 15 is 0 Å². The molecule has 0 aliphatic carbocycles. The molecule has 1 rings (SSSR count).